The number of nitrogens with one attached hydrogen (secondary N) is 2. The van der Waals surface area contributed by atoms with Crippen molar-refractivity contribution in [2.75, 3.05) is 13.1 Å². The number of nitrogens with zero attached hydrogens (tertiary/aromatic N) is 1. The Balaban J connectivity index is 1.53. The van der Waals surface area contributed by atoms with E-state index in [1.807, 2.05) is 6.07 Å². The summed E-state index contributed by atoms with van der Waals surface area (Å²) >= 11 is 0. The highest BCUT2D eigenvalue weighted by Gasteiger charge is 2.28. The quantitative estimate of drug-likeness (QED) is 0.754. The SMILES string of the molecule is O=C(NC1CC1)c1cccc(CNC(=O)N2CCCC(C(=O)O)C2)c1. The molecule has 1 aromatic rings. The summed E-state index contributed by atoms with van der Waals surface area (Å²) in [5, 5.41) is 14.8. The van der Waals surface area contributed by atoms with Gasteiger partial charge in [-0.1, -0.05) is 12.1 Å². The van der Waals surface area contributed by atoms with Crippen LogP contribution in [-0.4, -0.2) is 47.0 Å². The lowest BCUT2D eigenvalue weighted by Crippen LogP contribution is -2.46. The molecule has 1 unspecified atom stereocenters. The van der Waals surface area contributed by atoms with E-state index in [0.717, 1.165) is 18.4 Å². The van der Waals surface area contributed by atoms with Crippen LogP contribution in [0.5, 0.6) is 0 Å². The fourth-order valence-electron chi connectivity index (χ4n) is 2.97. The van der Waals surface area contributed by atoms with Crippen LogP contribution in [-0.2, 0) is 11.3 Å². The molecule has 1 aliphatic heterocycles. The Morgan fingerprint density at radius 3 is 2.72 bits per heavy atom. The third-order valence-electron chi connectivity index (χ3n) is 4.60. The molecule has 1 saturated carbocycles. The van der Waals surface area contributed by atoms with Crippen LogP contribution in [0, 0.1) is 5.92 Å². The van der Waals surface area contributed by atoms with Crippen molar-refractivity contribution in [3.05, 3.63) is 35.4 Å². The van der Waals surface area contributed by atoms with Crippen LogP contribution in [0.4, 0.5) is 4.79 Å². The molecule has 25 heavy (non-hydrogen) atoms. The number of amides is 3. The van der Waals surface area contributed by atoms with Gasteiger partial charge in [0.15, 0.2) is 0 Å². The van der Waals surface area contributed by atoms with Crippen molar-refractivity contribution < 1.29 is 19.5 Å². The van der Waals surface area contributed by atoms with Gasteiger partial charge in [0.05, 0.1) is 5.92 Å². The van der Waals surface area contributed by atoms with Gasteiger partial charge in [-0.15, -0.1) is 0 Å². The van der Waals surface area contributed by atoms with Gasteiger partial charge in [-0.2, -0.15) is 0 Å². The van der Waals surface area contributed by atoms with E-state index < -0.39 is 11.9 Å². The van der Waals surface area contributed by atoms with E-state index >= 15 is 0 Å². The molecular formula is C18H23N3O4. The van der Waals surface area contributed by atoms with Gasteiger partial charge in [0.1, 0.15) is 0 Å². The zero-order valence-corrected chi connectivity index (χ0v) is 14.0. The molecule has 0 radical (unpaired) electrons. The first-order valence-electron chi connectivity index (χ1n) is 8.68. The molecule has 0 aromatic heterocycles. The maximum atomic E-state index is 12.3. The number of benzene rings is 1. The normalized spacial score (nSPS) is 20.0. The zero-order chi connectivity index (χ0) is 17.8. The summed E-state index contributed by atoms with van der Waals surface area (Å²) < 4.78 is 0. The number of piperidine rings is 1. The summed E-state index contributed by atoms with van der Waals surface area (Å²) in [4.78, 5) is 37.0. The van der Waals surface area contributed by atoms with Gasteiger partial charge in [0.2, 0.25) is 0 Å². The molecular weight excluding hydrogens is 322 g/mol. The van der Waals surface area contributed by atoms with Gasteiger partial charge in [-0.25, -0.2) is 4.79 Å². The largest absolute Gasteiger partial charge is 0.481 e. The van der Waals surface area contributed by atoms with Crippen molar-refractivity contribution in [2.45, 2.75) is 38.3 Å². The Hall–Kier alpha value is -2.57. The van der Waals surface area contributed by atoms with Crippen LogP contribution in [0.3, 0.4) is 0 Å². The number of carboxylic acids is 1. The minimum atomic E-state index is -0.855. The Kier molecular flexibility index (Phi) is 5.21. The zero-order valence-electron chi connectivity index (χ0n) is 14.0. The lowest BCUT2D eigenvalue weighted by molar-refractivity contribution is -0.143. The third kappa shape index (κ3) is 4.71. The number of likely N-dealkylation sites (tertiary alicyclic amines) is 1. The fraction of sp³-hybridized carbons (Fsp3) is 0.500. The molecule has 0 spiro atoms. The number of aliphatic carboxylic acids is 1. The summed E-state index contributed by atoms with van der Waals surface area (Å²) in [6.45, 7) is 1.11. The van der Waals surface area contributed by atoms with Gasteiger partial charge in [-0.05, 0) is 43.4 Å². The average Bonchev–Trinajstić information content (AvgIpc) is 3.44. The topological polar surface area (TPSA) is 98.7 Å². The van der Waals surface area contributed by atoms with Crippen LogP contribution in [0.15, 0.2) is 24.3 Å². The summed E-state index contributed by atoms with van der Waals surface area (Å²) in [7, 11) is 0. The highest BCUT2D eigenvalue weighted by atomic mass is 16.4. The van der Waals surface area contributed by atoms with Crippen molar-refractivity contribution in [1.82, 2.24) is 15.5 Å². The van der Waals surface area contributed by atoms with E-state index in [0.29, 0.717) is 37.5 Å². The molecule has 7 heteroatoms. The van der Waals surface area contributed by atoms with Crippen molar-refractivity contribution >= 4 is 17.9 Å². The van der Waals surface area contributed by atoms with Crippen molar-refractivity contribution in [3.8, 4) is 0 Å². The second kappa shape index (κ2) is 7.55. The molecule has 2 aliphatic rings. The van der Waals surface area contributed by atoms with Crippen LogP contribution in [0.2, 0.25) is 0 Å². The fourth-order valence-corrected chi connectivity index (χ4v) is 2.97. The van der Waals surface area contributed by atoms with E-state index in [1.165, 1.54) is 0 Å². The van der Waals surface area contributed by atoms with Crippen molar-refractivity contribution in [3.63, 3.8) is 0 Å². The highest BCUT2D eigenvalue weighted by Crippen LogP contribution is 2.19. The van der Waals surface area contributed by atoms with Crippen LogP contribution < -0.4 is 10.6 Å². The van der Waals surface area contributed by atoms with Crippen LogP contribution in [0.1, 0.15) is 41.6 Å². The van der Waals surface area contributed by atoms with E-state index in [4.69, 9.17) is 5.11 Å². The Morgan fingerprint density at radius 2 is 2.00 bits per heavy atom. The summed E-state index contributed by atoms with van der Waals surface area (Å²) in [6.07, 6.45) is 3.38. The summed E-state index contributed by atoms with van der Waals surface area (Å²) in [5.74, 6) is -1.43. The first kappa shape index (κ1) is 17.3. The number of carbonyl (C=O) groups excluding carboxylic acids is 2. The minimum absolute atomic E-state index is 0.0870. The molecule has 1 saturated heterocycles. The Labute approximate surface area is 146 Å². The van der Waals surface area contributed by atoms with Crippen LogP contribution >= 0.6 is 0 Å². The molecule has 1 aliphatic carbocycles. The van der Waals surface area contributed by atoms with Gasteiger partial charge < -0.3 is 20.6 Å². The van der Waals surface area contributed by atoms with E-state index in [1.54, 1.807) is 23.1 Å². The third-order valence-corrected chi connectivity index (χ3v) is 4.60. The average molecular weight is 345 g/mol. The van der Waals surface area contributed by atoms with Gasteiger partial charge in [0.25, 0.3) is 5.91 Å². The molecule has 1 heterocycles. The standard InChI is InChI=1S/C18H23N3O4/c22-16(20-15-6-7-15)13-4-1-3-12(9-13)10-19-18(25)21-8-2-5-14(11-21)17(23)24/h1,3-4,9,14-15H,2,5-8,10-11H2,(H,19,25)(H,20,22)(H,23,24). The highest BCUT2D eigenvalue weighted by molar-refractivity contribution is 5.94. The summed E-state index contributed by atoms with van der Waals surface area (Å²) in [6, 6.07) is 7.21. The van der Waals surface area contributed by atoms with Crippen molar-refractivity contribution in [2.24, 2.45) is 5.92 Å². The predicted octanol–water partition coefficient (Wildman–Crippen LogP) is 1.58. The molecule has 0 bridgehead atoms. The second-order valence-corrected chi connectivity index (χ2v) is 6.73. The monoisotopic (exact) mass is 345 g/mol. The van der Waals surface area contributed by atoms with E-state index in [-0.39, 0.29) is 18.5 Å². The number of urea groups is 1. The number of carboxylic acid groups (broad SMARTS) is 1. The Morgan fingerprint density at radius 1 is 1.20 bits per heavy atom. The first-order chi connectivity index (χ1) is 12.0. The first-order valence-corrected chi connectivity index (χ1v) is 8.68. The number of rotatable bonds is 5. The molecule has 7 nitrogen and oxygen atoms in total. The molecule has 3 amide bonds. The lowest BCUT2D eigenvalue weighted by atomic mass is 9.99. The minimum Gasteiger partial charge on any atom is -0.481 e. The smallest absolute Gasteiger partial charge is 0.317 e. The molecule has 3 rings (SSSR count). The number of carbonyl (C=O) groups is 3. The maximum absolute atomic E-state index is 12.3. The number of hydrogen-bond acceptors (Lipinski definition) is 3. The van der Waals surface area contributed by atoms with E-state index in [2.05, 4.69) is 10.6 Å². The molecule has 2 fully saturated rings. The maximum Gasteiger partial charge on any atom is 0.317 e. The van der Waals surface area contributed by atoms with Gasteiger partial charge in [0, 0.05) is 31.2 Å². The molecule has 1 aromatic carbocycles. The molecule has 3 N–H and O–H groups in total. The molecule has 1 atom stereocenters. The lowest BCUT2D eigenvalue weighted by Gasteiger charge is -2.30. The summed E-state index contributed by atoms with van der Waals surface area (Å²) in [5.41, 5.74) is 1.42. The molecule has 134 valence electrons. The Bertz CT molecular complexity index is 672. The predicted molar refractivity (Wildman–Crippen MR) is 91.1 cm³/mol. The number of hydrogen-bond donors (Lipinski definition) is 3. The second-order valence-electron chi connectivity index (χ2n) is 6.73. The van der Waals surface area contributed by atoms with Crippen molar-refractivity contribution in [1.29, 1.82) is 0 Å². The van der Waals surface area contributed by atoms with Crippen LogP contribution in [0.25, 0.3) is 0 Å². The van der Waals surface area contributed by atoms with E-state index in [9.17, 15) is 14.4 Å². The van der Waals surface area contributed by atoms with Gasteiger partial charge >= 0.3 is 12.0 Å². The van der Waals surface area contributed by atoms with Gasteiger partial charge in [-0.3, -0.25) is 9.59 Å².